The molecule has 0 atom stereocenters. The molecule has 0 saturated carbocycles. The number of fused-ring (bicyclic) bond motifs is 1. The van der Waals surface area contributed by atoms with Gasteiger partial charge in [-0.3, -0.25) is 0 Å². The third kappa shape index (κ3) is 4.09. The summed E-state index contributed by atoms with van der Waals surface area (Å²) in [5, 5.41) is 2.18. The van der Waals surface area contributed by atoms with E-state index < -0.39 is 0 Å². The number of unbranched alkanes of at least 4 members (excludes halogenated alkanes) is 1. The lowest BCUT2D eigenvalue weighted by Crippen LogP contribution is -1.96. The first-order valence-electron chi connectivity index (χ1n) is 7.16. The second kappa shape index (κ2) is 7.48. The van der Waals surface area contributed by atoms with Gasteiger partial charge in [-0.1, -0.05) is 37.6 Å². The molecule has 0 spiro atoms. The van der Waals surface area contributed by atoms with Crippen LogP contribution in [-0.2, 0) is 9.53 Å². The maximum Gasteiger partial charge on any atom is 0.330 e. The van der Waals surface area contributed by atoms with Crippen LogP contribution in [-0.4, -0.2) is 19.7 Å². The summed E-state index contributed by atoms with van der Waals surface area (Å²) in [6.45, 7) is 2.88. The van der Waals surface area contributed by atoms with Crippen LogP contribution >= 0.6 is 0 Å². The zero-order chi connectivity index (χ0) is 15.1. The average Bonchev–Trinajstić information content (AvgIpc) is 2.52. The highest BCUT2D eigenvalue weighted by atomic mass is 16.5. The Morgan fingerprint density at radius 2 is 2.10 bits per heavy atom. The molecule has 0 saturated heterocycles. The molecule has 0 N–H and O–H groups in total. The molecule has 21 heavy (non-hydrogen) atoms. The van der Waals surface area contributed by atoms with Gasteiger partial charge in [-0.2, -0.15) is 0 Å². The molecule has 0 aliphatic carbocycles. The molecule has 0 fully saturated rings. The second-order valence-electron chi connectivity index (χ2n) is 4.79. The lowest BCUT2D eigenvalue weighted by Gasteiger charge is -2.08. The second-order valence-corrected chi connectivity index (χ2v) is 4.79. The predicted molar refractivity (Wildman–Crippen MR) is 85.4 cm³/mol. The maximum absolute atomic E-state index is 11.2. The predicted octanol–water partition coefficient (Wildman–Crippen LogP) is 4.20. The third-order valence-corrected chi connectivity index (χ3v) is 3.25. The molecular weight excluding hydrogens is 264 g/mol. The Morgan fingerprint density at radius 3 is 2.86 bits per heavy atom. The number of methoxy groups -OCH3 is 1. The van der Waals surface area contributed by atoms with E-state index >= 15 is 0 Å². The van der Waals surface area contributed by atoms with Gasteiger partial charge >= 0.3 is 5.97 Å². The Balaban J connectivity index is 2.25. The van der Waals surface area contributed by atoms with E-state index in [1.807, 2.05) is 36.4 Å². The van der Waals surface area contributed by atoms with Crippen molar-refractivity contribution < 1.29 is 14.3 Å². The van der Waals surface area contributed by atoms with Crippen LogP contribution in [0.15, 0.2) is 42.5 Å². The van der Waals surface area contributed by atoms with Crippen LogP contribution in [0.2, 0.25) is 0 Å². The summed E-state index contributed by atoms with van der Waals surface area (Å²) in [4.78, 5) is 11.2. The normalized spacial score (nSPS) is 11.0. The fourth-order valence-corrected chi connectivity index (χ4v) is 2.08. The van der Waals surface area contributed by atoms with E-state index in [2.05, 4.69) is 11.7 Å². The SMILES string of the molecule is CCCCOc1ccc2c(C=CC(=O)OC)cccc2c1. The Kier molecular flexibility index (Phi) is 5.38. The van der Waals surface area contributed by atoms with Crippen molar-refractivity contribution in [1.29, 1.82) is 0 Å². The van der Waals surface area contributed by atoms with Crippen molar-refractivity contribution in [2.24, 2.45) is 0 Å². The molecule has 110 valence electrons. The Hall–Kier alpha value is -2.29. The van der Waals surface area contributed by atoms with Crippen molar-refractivity contribution >= 4 is 22.8 Å². The van der Waals surface area contributed by atoms with Gasteiger partial charge in [0, 0.05) is 6.08 Å². The smallest absolute Gasteiger partial charge is 0.330 e. The number of ether oxygens (including phenoxy) is 2. The number of esters is 1. The topological polar surface area (TPSA) is 35.5 Å². The molecule has 3 nitrogen and oxygen atoms in total. The molecule has 0 aliphatic rings. The molecule has 2 aromatic carbocycles. The van der Waals surface area contributed by atoms with Crippen molar-refractivity contribution in [3.8, 4) is 5.75 Å². The third-order valence-electron chi connectivity index (χ3n) is 3.25. The number of carbonyl (C=O) groups is 1. The van der Waals surface area contributed by atoms with Gasteiger partial charge in [-0.25, -0.2) is 4.79 Å². The van der Waals surface area contributed by atoms with Crippen molar-refractivity contribution in [2.45, 2.75) is 19.8 Å². The van der Waals surface area contributed by atoms with Crippen molar-refractivity contribution in [3.63, 3.8) is 0 Å². The van der Waals surface area contributed by atoms with Crippen molar-refractivity contribution in [2.75, 3.05) is 13.7 Å². The van der Waals surface area contributed by atoms with Gasteiger partial charge in [0.15, 0.2) is 0 Å². The van der Waals surface area contributed by atoms with E-state index in [9.17, 15) is 4.79 Å². The van der Waals surface area contributed by atoms with Crippen LogP contribution in [0.4, 0.5) is 0 Å². The van der Waals surface area contributed by atoms with Crippen LogP contribution in [0.5, 0.6) is 5.75 Å². The van der Waals surface area contributed by atoms with Gasteiger partial charge < -0.3 is 9.47 Å². The minimum absolute atomic E-state index is 0.355. The van der Waals surface area contributed by atoms with Crippen LogP contribution in [0.1, 0.15) is 25.3 Å². The van der Waals surface area contributed by atoms with E-state index in [0.29, 0.717) is 0 Å². The largest absolute Gasteiger partial charge is 0.494 e. The van der Waals surface area contributed by atoms with Gasteiger partial charge in [-0.15, -0.1) is 0 Å². The summed E-state index contributed by atoms with van der Waals surface area (Å²) in [5.74, 6) is 0.525. The molecule has 2 rings (SSSR count). The minimum Gasteiger partial charge on any atom is -0.494 e. The van der Waals surface area contributed by atoms with E-state index in [1.165, 1.54) is 13.2 Å². The first kappa shape index (κ1) is 15.1. The van der Waals surface area contributed by atoms with Crippen LogP contribution in [0.25, 0.3) is 16.8 Å². The average molecular weight is 284 g/mol. The number of rotatable bonds is 6. The Morgan fingerprint density at radius 1 is 1.24 bits per heavy atom. The maximum atomic E-state index is 11.2. The monoisotopic (exact) mass is 284 g/mol. The van der Waals surface area contributed by atoms with Gasteiger partial charge in [0.2, 0.25) is 0 Å². The highest BCUT2D eigenvalue weighted by Gasteiger charge is 2.01. The van der Waals surface area contributed by atoms with Crippen molar-refractivity contribution in [3.05, 3.63) is 48.0 Å². The first-order valence-corrected chi connectivity index (χ1v) is 7.16. The highest BCUT2D eigenvalue weighted by Crippen LogP contribution is 2.25. The summed E-state index contributed by atoms with van der Waals surface area (Å²) in [7, 11) is 1.37. The van der Waals surface area contributed by atoms with Gasteiger partial charge in [0.25, 0.3) is 0 Å². The molecule has 0 bridgehead atoms. The molecule has 0 aliphatic heterocycles. The molecule has 2 aromatic rings. The van der Waals surface area contributed by atoms with Gasteiger partial charge in [0.1, 0.15) is 5.75 Å². The molecule has 0 heterocycles. The fourth-order valence-electron chi connectivity index (χ4n) is 2.08. The Bertz CT molecular complexity index is 644. The summed E-state index contributed by atoms with van der Waals surface area (Å²) in [5.41, 5.74) is 0.984. The molecule has 0 radical (unpaired) electrons. The van der Waals surface area contributed by atoms with Crippen LogP contribution in [0, 0.1) is 0 Å². The molecule has 0 amide bonds. The molecule has 3 heteroatoms. The number of carbonyl (C=O) groups excluding carboxylic acids is 1. The standard InChI is InChI=1S/C18H20O3/c1-3-4-12-21-16-9-10-17-14(8-11-18(19)20-2)6-5-7-15(17)13-16/h5-11,13H,3-4,12H2,1-2H3. The molecule has 0 aromatic heterocycles. The highest BCUT2D eigenvalue weighted by molar-refractivity contribution is 5.95. The molecular formula is C18H20O3. The van der Waals surface area contributed by atoms with Crippen LogP contribution in [0.3, 0.4) is 0 Å². The zero-order valence-electron chi connectivity index (χ0n) is 12.5. The van der Waals surface area contributed by atoms with Gasteiger partial charge in [0.05, 0.1) is 13.7 Å². The summed E-state index contributed by atoms with van der Waals surface area (Å²) < 4.78 is 10.3. The van der Waals surface area contributed by atoms with E-state index in [1.54, 1.807) is 6.08 Å². The van der Waals surface area contributed by atoms with Gasteiger partial charge in [-0.05, 0) is 41.0 Å². The number of hydrogen-bond acceptors (Lipinski definition) is 3. The quantitative estimate of drug-likeness (QED) is 0.453. The Labute approximate surface area is 125 Å². The van der Waals surface area contributed by atoms with E-state index in [-0.39, 0.29) is 5.97 Å². The van der Waals surface area contributed by atoms with E-state index in [0.717, 1.165) is 41.5 Å². The van der Waals surface area contributed by atoms with Crippen molar-refractivity contribution in [1.82, 2.24) is 0 Å². The zero-order valence-corrected chi connectivity index (χ0v) is 12.5. The lowest BCUT2D eigenvalue weighted by molar-refractivity contribution is -0.134. The lowest BCUT2D eigenvalue weighted by atomic mass is 10.0. The summed E-state index contributed by atoms with van der Waals surface area (Å²) in [6, 6.07) is 12.0. The minimum atomic E-state index is -0.355. The fraction of sp³-hybridized carbons (Fsp3) is 0.278. The first-order chi connectivity index (χ1) is 10.2. The molecule has 0 unspecified atom stereocenters. The van der Waals surface area contributed by atoms with E-state index in [4.69, 9.17) is 4.74 Å². The summed E-state index contributed by atoms with van der Waals surface area (Å²) in [6.07, 6.45) is 5.38. The van der Waals surface area contributed by atoms with Crippen LogP contribution < -0.4 is 4.74 Å². The summed E-state index contributed by atoms with van der Waals surface area (Å²) >= 11 is 0. The number of benzene rings is 2. The number of hydrogen-bond donors (Lipinski definition) is 0.